The molecule has 0 amide bonds. The molecular weight excluding hydrogens is 206 g/mol. The van der Waals surface area contributed by atoms with E-state index < -0.39 is 6.23 Å². The zero-order valence-electron chi connectivity index (χ0n) is 7.74. The van der Waals surface area contributed by atoms with Gasteiger partial charge in [0, 0.05) is 13.2 Å². The molecule has 14 heavy (non-hydrogen) atoms. The highest BCUT2D eigenvalue weighted by molar-refractivity contribution is 6.29. The second-order valence-electron chi connectivity index (χ2n) is 2.66. The number of nitrogens with zero attached hydrogens (tertiary/aromatic N) is 1. The third-order valence-corrected chi connectivity index (χ3v) is 1.68. The van der Waals surface area contributed by atoms with Crippen molar-refractivity contribution in [1.29, 1.82) is 0 Å². The Morgan fingerprint density at radius 2 is 2.36 bits per heavy atom. The molecule has 0 aliphatic rings. The van der Waals surface area contributed by atoms with Gasteiger partial charge in [0.2, 0.25) is 0 Å². The van der Waals surface area contributed by atoms with E-state index >= 15 is 0 Å². The summed E-state index contributed by atoms with van der Waals surface area (Å²) in [5.74, 6) is 0.412. The Bertz CT molecular complexity index is 309. The van der Waals surface area contributed by atoms with Gasteiger partial charge in [-0.05, 0) is 0 Å². The summed E-state index contributed by atoms with van der Waals surface area (Å²) in [6.07, 6.45) is 0.845. The number of hydrogen-bond acceptors (Lipinski definition) is 5. The van der Waals surface area contributed by atoms with Crippen LogP contribution < -0.4 is 16.2 Å². The SMILES string of the molecule is COC[C@H](N)Oc1cc(Cl)ncc1N. The average molecular weight is 218 g/mol. The summed E-state index contributed by atoms with van der Waals surface area (Å²) >= 11 is 5.66. The minimum absolute atomic E-state index is 0.277. The first-order valence-corrected chi connectivity index (χ1v) is 4.33. The Morgan fingerprint density at radius 1 is 1.64 bits per heavy atom. The van der Waals surface area contributed by atoms with Crippen LogP contribution in [0.1, 0.15) is 0 Å². The second kappa shape index (κ2) is 4.99. The van der Waals surface area contributed by atoms with Crippen LogP contribution >= 0.6 is 11.6 Å². The van der Waals surface area contributed by atoms with Gasteiger partial charge in [0.05, 0.1) is 18.5 Å². The van der Waals surface area contributed by atoms with Crippen LogP contribution in [0.15, 0.2) is 12.3 Å². The van der Waals surface area contributed by atoms with E-state index in [4.69, 9.17) is 32.5 Å². The molecule has 0 bridgehead atoms. The highest BCUT2D eigenvalue weighted by Crippen LogP contribution is 2.23. The molecule has 0 aromatic carbocycles. The molecule has 0 radical (unpaired) electrons. The fourth-order valence-corrected chi connectivity index (χ4v) is 1.03. The summed E-state index contributed by atoms with van der Waals surface area (Å²) in [5, 5.41) is 0.304. The first-order chi connectivity index (χ1) is 6.63. The van der Waals surface area contributed by atoms with E-state index in [0.717, 1.165) is 0 Å². The molecule has 1 aromatic heterocycles. The van der Waals surface area contributed by atoms with Crippen molar-refractivity contribution >= 4 is 17.3 Å². The van der Waals surface area contributed by atoms with Gasteiger partial charge in [-0.3, -0.25) is 5.73 Å². The van der Waals surface area contributed by atoms with Gasteiger partial charge in [-0.25, -0.2) is 4.98 Å². The van der Waals surface area contributed by atoms with E-state index in [9.17, 15) is 0 Å². The van der Waals surface area contributed by atoms with Gasteiger partial charge < -0.3 is 15.2 Å². The van der Waals surface area contributed by atoms with E-state index in [1.807, 2.05) is 0 Å². The lowest BCUT2D eigenvalue weighted by Gasteiger charge is -2.14. The summed E-state index contributed by atoms with van der Waals surface area (Å²) in [7, 11) is 1.53. The molecule has 0 spiro atoms. The van der Waals surface area contributed by atoms with Crippen LogP contribution in [0.2, 0.25) is 5.15 Å². The average Bonchev–Trinajstić information content (AvgIpc) is 2.12. The fraction of sp³-hybridized carbons (Fsp3) is 0.375. The largest absolute Gasteiger partial charge is 0.471 e. The van der Waals surface area contributed by atoms with Gasteiger partial charge >= 0.3 is 0 Å². The molecule has 0 aliphatic carbocycles. The van der Waals surface area contributed by atoms with Gasteiger partial charge in [-0.1, -0.05) is 11.6 Å². The summed E-state index contributed by atoms with van der Waals surface area (Å²) in [5.41, 5.74) is 11.6. The molecule has 0 aliphatic heterocycles. The van der Waals surface area contributed by atoms with Crippen molar-refractivity contribution in [1.82, 2.24) is 4.98 Å². The van der Waals surface area contributed by atoms with Gasteiger partial charge in [0.15, 0.2) is 6.23 Å². The quantitative estimate of drug-likeness (QED) is 0.571. The van der Waals surface area contributed by atoms with Crippen LogP contribution in [0.25, 0.3) is 0 Å². The summed E-state index contributed by atoms with van der Waals surface area (Å²) in [6.45, 7) is 0.277. The van der Waals surface area contributed by atoms with Crippen molar-refractivity contribution in [3.05, 3.63) is 17.4 Å². The number of methoxy groups -OCH3 is 1. The third kappa shape index (κ3) is 3.02. The molecule has 1 heterocycles. The standard InChI is InChI=1S/C8H12ClN3O2/c1-13-4-8(11)14-6-2-7(9)12-3-5(6)10/h2-3,8H,4,10-11H2,1H3/t8-/m1/s1. The summed E-state index contributed by atoms with van der Waals surface area (Å²) in [4.78, 5) is 3.78. The van der Waals surface area contributed by atoms with Crippen LogP contribution in [0, 0.1) is 0 Å². The van der Waals surface area contributed by atoms with E-state index in [2.05, 4.69) is 4.98 Å². The van der Waals surface area contributed by atoms with Crippen LogP contribution in [-0.4, -0.2) is 24.9 Å². The maximum absolute atomic E-state index is 5.66. The predicted molar refractivity (Wildman–Crippen MR) is 54.1 cm³/mol. The monoisotopic (exact) mass is 217 g/mol. The molecule has 0 unspecified atom stereocenters. The minimum Gasteiger partial charge on any atom is -0.471 e. The van der Waals surface area contributed by atoms with Crippen LogP contribution in [0.4, 0.5) is 5.69 Å². The number of halogens is 1. The fourth-order valence-electron chi connectivity index (χ4n) is 0.887. The lowest BCUT2D eigenvalue weighted by atomic mass is 10.4. The van der Waals surface area contributed by atoms with Crippen molar-refractivity contribution in [3.63, 3.8) is 0 Å². The number of hydrogen-bond donors (Lipinski definition) is 2. The van der Waals surface area contributed by atoms with Gasteiger partial charge in [-0.2, -0.15) is 0 Å². The minimum atomic E-state index is -0.569. The molecule has 5 nitrogen and oxygen atoms in total. The Balaban J connectivity index is 2.70. The smallest absolute Gasteiger partial charge is 0.171 e. The number of ether oxygens (including phenoxy) is 2. The highest BCUT2D eigenvalue weighted by atomic mass is 35.5. The molecule has 4 N–H and O–H groups in total. The molecule has 0 fully saturated rings. The topological polar surface area (TPSA) is 83.4 Å². The van der Waals surface area contributed by atoms with E-state index in [0.29, 0.717) is 16.6 Å². The normalized spacial score (nSPS) is 12.5. The molecular formula is C8H12ClN3O2. The molecule has 0 saturated carbocycles. The first-order valence-electron chi connectivity index (χ1n) is 3.95. The predicted octanol–water partition coefficient (Wildman–Crippen LogP) is 0.627. The lowest BCUT2D eigenvalue weighted by molar-refractivity contribution is 0.0855. The van der Waals surface area contributed by atoms with E-state index in [-0.39, 0.29) is 6.61 Å². The number of nitrogen functional groups attached to an aromatic ring is 1. The van der Waals surface area contributed by atoms with Crippen LogP contribution in [0.3, 0.4) is 0 Å². The first kappa shape index (κ1) is 11.0. The Hall–Kier alpha value is -1.04. The van der Waals surface area contributed by atoms with E-state index in [1.165, 1.54) is 19.4 Å². The maximum atomic E-state index is 5.66. The third-order valence-electron chi connectivity index (χ3n) is 1.47. The Kier molecular flexibility index (Phi) is 3.94. The van der Waals surface area contributed by atoms with Crippen molar-refractivity contribution < 1.29 is 9.47 Å². The molecule has 78 valence electrons. The zero-order chi connectivity index (χ0) is 10.6. The van der Waals surface area contributed by atoms with Crippen molar-refractivity contribution in [2.24, 2.45) is 5.73 Å². The lowest BCUT2D eigenvalue weighted by Crippen LogP contribution is -2.32. The van der Waals surface area contributed by atoms with Crippen molar-refractivity contribution in [3.8, 4) is 5.75 Å². The molecule has 1 atom stereocenters. The van der Waals surface area contributed by atoms with Crippen molar-refractivity contribution in [2.75, 3.05) is 19.5 Å². The van der Waals surface area contributed by atoms with Gasteiger partial charge in [-0.15, -0.1) is 0 Å². The Morgan fingerprint density at radius 3 is 3.00 bits per heavy atom. The van der Waals surface area contributed by atoms with Gasteiger partial charge in [0.25, 0.3) is 0 Å². The molecule has 0 saturated heterocycles. The molecule has 6 heteroatoms. The number of rotatable bonds is 4. The van der Waals surface area contributed by atoms with Crippen molar-refractivity contribution in [2.45, 2.75) is 6.23 Å². The second-order valence-corrected chi connectivity index (χ2v) is 3.04. The number of anilines is 1. The summed E-state index contributed by atoms with van der Waals surface area (Å²) in [6, 6.07) is 1.51. The maximum Gasteiger partial charge on any atom is 0.171 e. The highest BCUT2D eigenvalue weighted by Gasteiger charge is 2.07. The van der Waals surface area contributed by atoms with Gasteiger partial charge in [0.1, 0.15) is 10.9 Å². The van der Waals surface area contributed by atoms with E-state index in [1.54, 1.807) is 0 Å². The summed E-state index contributed by atoms with van der Waals surface area (Å²) < 4.78 is 10.1. The number of nitrogens with two attached hydrogens (primary N) is 2. The molecule has 1 rings (SSSR count). The van der Waals surface area contributed by atoms with Crippen LogP contribution in [-0.2, 0) is 4.74 Å². The zero-order valence-corrected chi connectivity index (χ0v) is 8.49. The van der Waals surface area contributed by atoms with Crippen LogP contribution in [0.5, 0.6) is 5.75 Å². The number of aromatic nitrogens is 1. The Labute approximate surface area is 87.0 Å². The molecule has 1 aromatic rings. The number of pyridine rings is 1.